The van der Waals surface area contributed by atoms with E-state index in [0.717, 1.165) is 31.9 Å². The van der Waals surface area contributed by atoms with Crippen molar-refractivity contribution in [1.29, 1.82) is 0 Å². The van der Waals surface area contributed by atoms with Gasteiger partial charge in [0.1, 0.15) is 11.6 Å². The van der Waals surface area contributed by atoms with Gasteiger partial charge in [0.25, 0.3) is 5.91 Å². The van der Waals surface area contributed by atoms with Crippen LogP contribution in [0.2, 0.25) is 0 Å². The SMILES string of the molecule is CCCNc1ncc(F)cc1C(=O)NC1CCCCC1O. The lowest BCUT2D eigenvalue weighted by molar-refractivity contribution is 0.0717. The Labute approximate surface area is 124 Å². The number of carbonyl (C=O) groups excluding carboxylic acids is 1. The second-order valence-electron chi connectivity index (χ2n) is 5.41. The second-order valence-corrected chi connectivity index (χ2v) is 5.41. The number of halogens is 1. The Bertz CT molecular complexity index is 496. The lowest BCUT2D eigenvalue weighted by Crippen LogP contribution is -2.45. The van der Waals surface area contributed by atoms with Crippen LogP contribution >= 0.6 is 0 Å². The monoisotopic (exact) mass is 295 g/mol. The summed E-state index contributed by atoms with van der Waals surface area (Å²) in [5.41, 5.74) is 0.182. The van der Waals surface area contributed by atoms with Crippen molar-refractivity contribution in [3.8, 4) is 0 Å². The fourth-order valence-corrected chi connectivity index (χ4v) is 2.52. The first kappa shape index (κ1) is 15.7. The Kier molecular flexibility index (Phi) is 5.50. The zero-order valence-corrected chi connectivity index (χ0v) is 12.2. The molecule has 2 atom stereocenters. The van der Waals surface area contributed by atoms with Gasteiger partial charge in [-0.3, -0.25) is 4.79 Å². The molecule has 1 aromatic rings. The number of aliphatic hydroxyl groups is 1. The number of rotatable bonds is 5. The lowest BCUT2D eigenvalue weighted by Gasteiger charge is -2.28. The number of amides is 1. The number of carbonyl (C=O) groups is 1. The molecule has 2 rings (SSSR count). The van der Waals surface area contributed by atoms with Crippen LogP contribution < -0.4 is 10.6 Å². The van der Waals surface area contributed by atoms with Gasteiger partial charge in [0.2, 0.25) is 0 Å². The van der Waals surface area contributed by atoms with Gasteiger partial charge >= 0.3 is 0 Å². The summed E-state index contributed by atoms with van der Waals surface area (Å²) < 4.78 is 13.4. The predicted molar refractivity (Wildman–Crippen MR) is 78.7 cm³/mol. The molecule has 1 amide bonds. The topological polar surface area (TPSA) is 74.2 Å². The minimum absolute atomic E-state index is 0.182. The zero-order valence-electron chi connectivity index (χ0n) is 12.2. The summed E-state index contributed by atoms with van der Waals surface area (Å²) in [5, 5.41) is 15.7. The second kappa shape index (κ2) is 7.36. The van der Waals surface area contributed by atoms with Crippen LogP contribution in [0, 0.1) is 5.82 Å². The highest BCUT2D eigenvalue weighted by molar-refractivity contribution is 5.98. The van der Waals surface area contributed by atoms with Crippen molar-refractivity contribution in [2.45, 2.75) is 51.2 Å². The molecule has 1 aromatic heterocycles. The standard InChI is InChI=1S/C15H22FN3O2/c1-2-7-17-14-11(8-10(16)9-18-14)15(21)19-12-5-3-4-6-13(12)20/h8-9,12-13,20H,2-7H2,1H3,(H,17,18)(H,19,21). The molecule has 2 unspecified atom stereocenters. The number of hydrogen-bond donors (Lipinski definition) is 3. The van der Waals surface area contributed by atoms with Crippen LogP contribution in [0.1, 0.15) is 49.4 Å². The van der Waals surface area contributed by atoms with E-state index in [-0.39, 0.29) is 11.6 Å². The molecule has 21 heavy (non-hydrogen) atoms. The quantitative estimate of drug-likeness (QED) is 0.777. The molecule has 0 aliphatic heterocycles. The summed E-state index contributed by atoms with van der Waals surface area (Å²) >= 11 is 0. The van der Waals surface area contributed by atoms with E-state index in [2.05, 4.69) is 15.6 Å². The third-order valence-electron chi connectivity index (χ3n) is 3.69. The molecule has 1 aliphatic carbocycles. The molecule has 3 N–H and O–H groups in total. The van der Waals surface area contributed by atoms with Gasteiger partial charge in [-0.05, 0) is 25.3 Å². The molecular formula is C15H22FN3O2. The Hall–Kier alpha value is -1.69. The van der Waals surface area contributed by atoms with Gasteiger partial charge in [0, 0.05) is 6.54 Å². The van der Waals surface area contributed by atoms with E-state index >= 15 is 0 Å². The average molecular weight is 295 g/mol. The molecule has 5 nitrogen and oxygen atoms in total. The van der Waals surface area contributed by atoms with Crippen LogP contribution in [-0.2, 0) is 0 Å². The summed E-state index contributed by atoms with van der Waals surface area (Å²) in [7, 11) is 0. The maximum Gasteiger partial charge on any atom is 0.255 e. The smallest absolute Gasteiger partial charge is 0.255 e. The van der Waals surface area contributed by atoms with Crippen molar-refractivity contribution in [2.24, 2.45) is 0 Å². The van der Waals surface area contributed by atoms with Crippen LogP contribution in [0.3, 0.4) is 0 Å². The molecule has 0 bridgehead atoms. The first-order valence-electron chi connectivity index (χ1n) is 7.50. The Balaban J connectivity index is 2.11. The van der Waals surface area contributed by atoms with E-state index in [1.807, 2.05) is 6.92 Å². The van der Waals surface area contributed by atoms with E-state index in [4.69, 9.17) is 0 Å². The molecule has 0 aromatic carbocycles. The van der Waals surface area contributed by atoms with Crippen molar-refractivity contribution in [3.63, 3.8) is 0 Å². The van der Waals surface area contributed by atoms with Crippen LogP contribution in [0.15, 0.2) is 12.3 Å². The normalized spacial score (nSPS) is 21.9. The fraction of sp³-hybridized carbons (Fsp3) is 0.600. The zero-order chi connectivity index (χ0) is 15.2. The van der Waals surface area contributed by atoms with Crippen LogP contribution in [-0.4, -0.2) is 34.7 Å². The third-order valence-corrected chi connectivity index (χ3v) is 3.69. The lowest BCUT2D eigenvalue weighted by atomic mass is 9.92. The maximum absolute atomic E-state index is 13.4. The largest absolute Gasteiger partial charge is 0.391 e. The van der Waals surface area contributed by atoms with Gasteiger partial charge in [0.15, 0.2) is 0 Å². The minimum Gasteiger partial charge on any atom is -0.391 e. The number of anilines is 1. The van der Waals surface area contributed by atoms with Gasteiger partial charge < -0.3 is 15.7 Å². The number of hydrogen-bond acceptors (Lipinski definition) is 4. The summed E-state index contributed by atoms with van der Waals surface area (Å²) in [4.78, 5) is 16.3. The van der Waals surface area contributed by atoms with Crippen molar-refractivity contribution < 1.29 is 14.3 Å². The number of nitrogens with one attached hydrogen (secondary N) is 2. The van der Waals surface area contributed by atoms with Crippen molar-refractivity contribution in [3.05, 3.63) is 23.6 Å². The summed E-state index contributed by atoms with van der Waals surface area (Å²) in [6.07, 6.45) is 4.81. The summed E-state index contributed by atoms with van der Waals surface area (Å²) in [6.45, 7) is 2.65. The van der Waals surface area contributed by atoms with Gasteiger partial charge in [-0.15, -0.1) is 0 Å². The van der Waals surface area contributed by atoms with E-state index in [9.17, 15) is 14.3 Å². The molecule has 0 saturated heterocycles. The van der Waals surface area contributed by atoms with Crippen LogP contribution in [0.4, 0.5) is 10.2 Å². The van der Waals surface area contributed by atoms with Gasteiger partial charge in [-0.25, -0.2) is 9.37 Å². The highest BCUT2D eigenvalue weighted by Gasteiger charge is 2.26. The fourth-order valence-electron chi connectivity index (χ4n) is 2.52. The number of nitrogens with zero attached hydrogens (tertiary/aromatic N) is 1. The van der Waals surface area contributed by atoms with Crippen LogP contribution in [0.25, 0.3) is 0 Å². The van der Waals surface area contributed by atoms with Gasteiger partial charge in [-0.2, -0.15) is 0 Å². The maximum atomic E-state index is 13.4. The predicted octanol–water partition coefficient (Wildman–Crippen LogP) is 2.08. The Morgan fingerprint density at radius 2 is 2.24 bits per heavy atom. The highest BCUT2D eigenvalue weighted by atomic mass is 19.1. The highest BCUT2D eigenvalue weighted by Crippen LogP contribution is 2.20. The first-order chi connectivity index (χ1) is 10.1. The molecular weight excluding hydrogens is 273 g/mol. The molecule has 6 heteroatoms. The van der Waals surface area contributed by atoms with E-state index in [1.165, 1.54) is 6.07 Å². The summed E-state index contributed by atoms with van der Waals surface area (Å²) in [6, 6.07) is 0.906. The third kappa shape index (κ3) is 4.14. The first-order valence-corrected chi connectivity index (χ1v) is 7.50. The van der Waals surface area contributed by atoms with E-state index < -0.39 is 17.8 Å². The van der Waals surface area contributed by atoms with Crippen LogP contribution in [0.5, 0.6) is 0 Å². The van der Waals surface area contributed by atoms with Crippen molar-refractivity contribution in [1.82, 2.24) is 10.3 Å². The van der Waals surface area contributed by atoms with E-state index in [0.29, 0.717) is 18.8 Å². The molecule has 1 fully saturated rings. The number of aromatic nitrogens is 1. The average Bonchev–Trinajstić information content (AvgIpc) is 2.48. The molecule has 1 heterocycles. The Morgan fingerprint density at radius 1 is 1.48 bits per heavy atom. The minimum atomic E-state index is -0.550. The van der Waals surface area contributed by atoms with Crippen molar-refractivity contribution in [2.75, 3.05) is 11.9 Å². The number of aliphatic hydroxyl groups excluding tert-OH is 1. The Morgan fingerprint density at radius 3 is 2.95 bits per heavy atom. The van der Waals surface area contributed by atoms with Crippen molar-refractivity contribution >= 4 is 11.7 Å². The molecule has 1 saturated carbocycles. The molecule has 116 valence electrons. The molecule has 0 radical (unpaired) electrons. The van der Waals surface area contributed by atoms with Gasteiger partial charge in [0.05, 0.1) is 23.9 Å². The molecule has 0 spiro atoms. The molecule has 1 aliphatic rings. The number of pyridine rings is 1. The summed E-state index contributed by atoms with van der Waals surface area (Å²) in [5.74, 6) is -0.570. The van der Waals surface area contributed by atoms with Gasteiger partial charge in [-0.1, -0.05) is 19.8 Å². The van der Waals surface area contributed by atoms with E-state index in [1.54, 1.807) is 0 Å².